The second-order valence-corrected chi connectivity index (χ2v) is 4.58. The molecule has 1 aromatic rings. The Morgan fingerprint density at radius 3 is 1.79 bits per heavy atom. The Labute approximate surface area is 128 Å². The number of halogens is 2. The molecule has 9 nitrogen and oxygen atoms in total. The molecule has 106 valence electrons. The van der Waals surface area contributed by atoms with E-state index < -0.39 is 10.6 Å². The van der Waals surface area contributed by atoms with Crippen LogP contribution in [0.5, 0.6) is 0 Å². The van der Waals surface area contributed by atoms with Crippen LogP contribution in [0.25, 0.3) is 0 Å². The summed E-state index contributed by atoms with van der Waals surface area (Å²) >= 11 is 1.28. The van der Waals surface area contributed by atoms with Crippen molar-refractivity contribution < 1.29 is 4.92 Å². The molecule has 0 fully saturated rings. The summed E-state index contributed by atoms with van der Waals surface area (Å²) in [6, 6.07) is 0. The van der Waals surface area contributed by atoms with E-state index in [1.54, 1.807) is 0 Å². The quantitative estimate of drug-likeness (QED) is 0.158. The van der Waals surface area contributed by atoms with Gasteiger partial charge in [-0.05, 0) is 23.5 Å². The average molecular weight is 346 g/mol. The standard InChI is InChI=1S/C6H7N7O2S2.2ClH/c7-5(8)16-3-2(13(14)15)4(12-1-11-3)17-6(9)10;;/h1H,(H3,7,8)(H3,9,10);2*1H. The maximum absolute atomic E-state index is 10.9. The van der Waals surface area contributed by atoms with Gasteiger partial charge < -0.3 is 11.5 Å². The number of nitrogens with zero attached hydrogens (tertiary/aromatic N) is 3. The smallest absolute Gasteiger partial charge is 0.334 e. The van der Waals surface area contributed by atoms with E-state index >= 15 is 0 Å². The lowest BCUT2D eigenvalue weighted by atomic mass is 10.5. The summed E-state index contributed by atoms with van der Waals surface area (Å²) in [5, 5.41) is 24.2. The van der Waals surface area contributed by atoms with Crippen molar-refractivity contribution in [3.63, 3.8) is 0 Å². The third-order valence-corrected chi connectivity index (χ3v) is 2.78. The molecule has 0 radical (unpaired) electrons. The van der Waals surface area contributed by atoms with Crippen molar-refractivity contribution in [1.82, 2.24) is 9.97 Å². The number of thioether (sulfide) groups is 2. The Morgan fingerprint density at radius 2 is 1.53 bits per heavy atom. The summed E-state index contributed by atoms with van der Waals surface area (Å²) in [6.45, 7) is 0. The Morgan fingerprint density at radius 1 is 1.16 bits per heavy atom. The van der Waals surface area contributed by atoms with Crippen LogP contribution in [0.4, 0.5) is 5.69 Å². The molecule has 0 unspecified atom stereocenters. The highest BCUT2D eigenvalue weighted by Crippen LogP contribution is 2.33. The van der Waals surface area contributed by atoms with E-state index in [1.807, 2.05) is 0 Å². The fourth-order valence-electron chi connectivity index (χ4n) is 0.861. The molecule has 0 spiro atoms. The molecule has 0 atom stereocenters. The minimum Gasteiger partial charge on any atom is -0.378 e. The molecule has 1 heterocycles. The van der Waals surface area contributed by atoms with Crippen molar-refractivity contribution in [2.24, 2.45) is 11.5 Å². The van der Waals surface area contributed by atoms with Crippen molar-refractivity contribution in [2.75, 3.05) is 0 Å². The van der Waals surface area contributed by atoms with Crippen molar-refractivity contribution >= 4 is 64.4 Å². The lowest BCUT2D eigenvalue weighted by Crippen LogP contribution is -2.08. The van der Waals surface area contributed by atoms with Crippen LogP contribution in [0.15, 0.2) is 16.4 Å². The first-order valence-electron chi connectivity index (χ1n) is 3.95. The number of amidine groups is 2. The predicted octanol–water partition coefficient (Wildman–Crippen LogP) is 1.20. The maximum atomic E-state index is 10.9. The Kier molecular flexibility index (Phi) is 9.21. The molecule has 0 saturated heterocycles. The van der Waals surface area contributed by atoms with Gasteiger partial charge in [-0.15, -0.1) is 24.8 Å². The first-order chi connectivity index (χ1) is 7.91. The molecule has 13 heteroatoms. The van der Waals surface area contributed by atoms with Gasteiger partial charge in [0, 0.05) is 0 Å². The Balaban J connectivity index is 0. The molecule has 0 saturated carbocycles. The summed E-state index contributed by atoms with van der Waals surface area (Å²) in [5.74, 6) is 0. The van der Waals surface area contributed by atoms with Crippen LogP contribution in [0, 0.1) is 20.9 Å². The van der Waals surface area contributed by atoms with Crippen LogP contribution >= 0.6 is 48.3 Å². The molecule has 0 bridgehead atoms. The molecular weight excluding hydrogens is 337 g/mol. The van der Waals surface area contributed by atoms with Crippen LogP contribution in [-0.4, -0.2) is 25.2 Å². The molecule has 19 heavy (non-hydrogen) atoms. The lowest BCUT2D eigenvalue weighted by molar-refractivity contribution is -0.391. The molecule has 0 aliphatic rings. The monoisotopic (exact) mass is 345 g/mol. The number of nitrogens with one attached hydrogen (secondary N) is 2. The van der Waals surface area contributed by atoms with E-state index in [0.29, 0.717) is 23.5 Å². The molecule has 6 N–H and O–H groups in total. The van der Waals surface area contributed by atoms with Crippen molar-refractivity contribution in [3.05, 3.63) is 16.4 Å². The second kappa shape index (κ2) is 8.74. The molecular formula is C6H9Cl2N7O2S2. The van der Waals surface area contributed by atoms with Crippen molar-refractivity contribution in [1.29, 1.82) is 10.8 Å². The summed E-state index contributed by atoms with van der Waals surface area (Å²) in [7, 11) is 0. The molecule has 0 aromatic carbocycles. The van der Waals surface area contributed by atoms with Gasteiger partial charge in [0.05, 0.1) is 4.92 Å². The van der Waals surface area contributed by atoms with Gasteiger partial charge in [-0.1, -0.05) is 0 Å². The zero-order valence-electron chi connectivity index (χ0n) is 9.02. The number of aromatic nitrogens is 2. The third-order valence-electron chi connectivity index (χ3n) is 1.35. The number of hydrogen-bond acceptors (Lipinski definition) is 8. The van der Waals surface area contributed by atoms with E-state index in [2.05, 4.69) is 9.97 Å². The van der Waals surface area contributed by atoms with Crippen molar-refractivity contribution in [2.45, 2.75) is 10.1 Å². The van der Waals surface area contributed by atoms with E-state index in [9.17, 15) is 10.1 Å². The molecule has 1 rings (SSSR count). The Bertz CT molecular complexity index is 466. The molecule has 0 aliphatic heterocycles. The second-order valence-electron chi connectivity index (χ2n) is 2.52. The summed E-state index contributed by atoms with van der Waals surface area (Å²) in [6.07, 6.45) is 1.09. The van der Waals surface area contributed by atoms with Crippen LogP contribution in [0.3, 0.4) is 0 Å². The van der Waals surface area contributed by atoms with Gasteiger partial charge in [0.1, 0.15) is 6.33 Å². The van der Waals surface area contributed by atoms with Gasteiger partial charge in [-0.25, -0.2) is 9.97 Å². The minimum atomic E-state index is -0.698. The fourth-order valence-corrected chi connectivity index (χ4v) is 2.08. The topological polar surface area (TPSA) is 169 Å². The van der Waals surface area contributed by atoms with Gasteiger partial charge in [0.25, 0.3) is 0 Å². The number of hydrogen-bond donors (Lipinski definition) is 4. The van der Waals surface area contributed by atoms with Crippen molar-refractivity contribution in [3.8, 4) is 0 Å². The summed E-state index contributed by atoms with van der Waals surface area (Å²) in [5.41, 5.74) is 9.86. The van der Waals surface area contributed by atoms with Crippen LogP contribution in [0.2, 0.25) is 0 Å². The molecule has 0 amide bonds. The fraction of sp³-hybridized carbons (Fsp3) is 0. The van der Waals surface area contributed by atoms with E-state index in [-0.39, 0.29) is 45.2 Å². The first kappa shape index (κ1) is 20.0. The predicted molar refractivity (Wildman–Crippen MR) is 78.7 cm³/mol. The average Bonchev–Trinajstić information content (AvgIpc) is 2.14. The maximum Gasteiger partial charge on any atom is 0.334 e. The van der Waals surface area contributed by atoms with Crippen LogP contribution in [0.1, 0.15) is 0 Å². The zero-order chi connectivity index (χ0) is 13.0. The lowest BCUT2D eigenvalue weighted by Gasteiger charge is -2.03. The number of rotatable bonds is 3. The van der Waals surface area contributed by atoms with Crippen LogP contribution in [-0.2, 0) is 0 Å². The highest BCUT2D eigenvalue weighted by atomic mass is 35.5. The van der Waals surface area contributed by atoms with Gasteiger partial charge in [-0.3, -0.25) is 20.9 Å². The Hall–Kier alpha value is -1.30. The summed E-state index contributed by atoms with van der Waals surface area (Å²) < 4.78 is 0. The van der Waals surface area contributed by atoms with Gasteiger partial charge in [0.15, 0.2) is 20.4 Å². The van der Waals surface area contributed by atoms with Gasteiger partial charge in [0.2, 0.25) is 0 Å². The zero-order valence-corrected chi connectivity index (χ0v) is 12.3. The van der Waals surface area contributed by atoms with E-state index in [4.69, 9.17) is 22.3 Å². The minimum absolute atomic E-state index is 0. The largest absolute Gasteiger partial charge is 0.378 e. The highest BCUT2D eigenvalue weighted by Gasteiger charge is 2.24. The van der Waals surface area contributed by atoms with E-state index in [1.165, 1.54) is 0 Å². The first-order valence-corrected chi connectivity index (χ1v) is 5.58. The third kappa shape index (κ3) is 5.92. The van der Waals surface area contributed by atoms with Gasteiger partial charge in [-0.2, -0.15) is 0 Å². The molecule has 1 aromatic heterocycles. The van der Waals surface area contributed by atoms with E-state index in [0.717, 1.165) is 6.33 Å². The highest BCUT2D eigenvalue weighted by molar-refractivity contribution is 8.14. The number of nitrogens with two attached hydrogens (primary N) is 2. The number of nitro groups is 1. The molecule has 0 aliphatic carbocycles. The van der Waals surface area contributed by atoms with Gasteiger partial charge >= 0.3 is 5.69 Å². The summed E-state index contributed by atoms with van der Waals surface area (Å²) in [4.78, 5) is 17.5. The normalized spacial score (nSPS) is 8.84. The SMILES string of the molecule is Cl.Cl.N=C(N)Sc1ncnc(SC(=N)N)c1[N+](=O)[O-]. The van der Waals surface area contributed by atoms with Crippen LogP contribution < -0.4 is 11.5 Å².